The van der Waals surface area contributed by atoms with Crippen molar-refractivity contribution in [1.82, 2.24) is 15.2 Å². The maximum Gasteiger partial charge on any atom is 0.257 e. The number of hydrogen-bond donors (Lipinski definition) is 2. The Hall–Kier alpha value is -3.67. The van der Waals surface area contributed by atoms with Crippen LogP contribution in [-0.2, 0) is 19.5 Å². The van der Waals surface area contributed by atoms with Gasteiger partial charge in [0.1, 0.15) is 11.1 Å². The molecule has 0 spiro atoms. The molecule has 2 amide bonds. The Morgan fingerprint density at radius 2 is 1.58 bits per heavy atom. The van der Waals surface area contributed by atoms with Crippen molar-refractivity contribution in [2.45, 2.75) is 32.9 Å². The zero-order valence-electron chi connectivity index (χ0n) is 17.9. The van der Waals surface area contributed by atoms with E-state index >= 15 is 0 Å². The smallest absolute Gasteiger partial charge is 0.257 e. The number of carbonyl (C=O) groups is 2. The maximum absolute atomic E-state index is 12.8. The molecular weight excluding hydrogens is 390 g/mol. The molecule has 0 aliphatic heterocycles. The van der Waals surface area contributed by atoms with E-state index < -0.39 is 17.2 Å². The van der Waals surface area contributed by atoms with E-state index in [0.717, 1.165) is 24.0 Å². The Morgan fingerprint density at radius 1 is 0.903 bits per heavy atom. The second-order valence-corrected chi connectivity index (χ2v) is 7.49. The molecule has 1 heterocycles. The summed E-state index contributed by atoms with van der Waals surface area (Å²) in [4.78, 5) is 37.8. The number of benzene rings is 2. The summed E-state index contributed by atoms with van der Waals surface area (Å²) in [6.45, 7) is 2.86. The minimum absolute atomic E-state index is 0.0338. The molecule has 0 unspecified atom stereocenters. The minimum atomic E-state index is -0.569. The second kappa shape index (κ2) is 10.4. The fourth-order valence-corrected chi connectivity index (χ4v) is 3.43. The number of nitrogens with one attached hydrogen (secondary N) is 2. The third-order valence-corrected chi connectivity index (χ3v) is 5.06. The Labute approximate surface area is 181 Å². The Morgan fingerprint density at radius 3 is 2.26 bits per heavy atom. The first-order chi connectivity index (χ1) is 15.0. The van der Waals surface area contributed by atoms with Gasteiger partial charge in [-0.3, -0.25) is 14.4 Å². The number of aromatic nitrogens is 1. The van der Waals surface area contributed by atoms with Crippen LogP contribution in [0.5, 0.6) is 0 Å². The zero-order chi connectivity index (χ0) is 22.2. The molecule has 0 aliphatic rings. The highest BCUT2D eigenvalue weighted by Crippen LogP contribution is 2.07. The van der Waals surface area contributed by atoms with Crippen LogP contribution in [0.4, 0.5) is 0 Å². The molecule has 2 N–H and O–H groups in total. The van der Waals surface area contributed by atoms with Gasteiger partial charge in [-0.05, 0) is 30.9 Å². The molecule has 3 aromatic rings. The van der Waals surface area contributed by atoms with Crippen LogP contribution in [-0.4, -0.2) is 23.4 Å². The van der Waals surface area contributed by atoms with Gasteiger partial charge in [0.15, 0.2) is 0 Å². The van der Waals surface area contributed by atoms with Crippen LogP contribution in [0.15, 0.2) is 71.8 Å². The normalized spacial score (nSPS) is 10.5. The van der Waals surface area contributed by atoms with Crippen LogP contribution in [0.2, 0.25) is 0 Å². The van der Waals surface area contributed by atoms with Crippen molar-refractivity contribution in [2.24, 2.45) is 0 Å². The first-order valence-electron chi connectivity index (χ1n) is 10.3. The van der Waals surface area contributed by atoms with Gasteiger partial charge in [0.25, 0.3) is 11.8 Å². The average molecular weight is 418 g/mol. The highest BCUT2D eigenvalue weighted by atomic mass is 16.2. The predicted octanol–water partition coefficient (Wildman–Crippen LogP) is 3.08. The van der Waals surface area contributed by atoms with E-state index in [4.69, 9.17) is 0 Å². The van der Waals surface area contributed by atoms with E-state index in [-0.39, 0.29) is 11.1 Å². The van der Waals surface area contributed by atoms with Crippen molar-refractivity contribution in [3.05, 3.63) is 105 Å². The SMILES string of the molecule is CNC(=O)c1cn(CCCc2ccccc2)cc(C(=O)NCc2cccc(C)c2)c1=O. The fraction of sp³-hybridized carbons (Fsp3) is 0.240. The van der Waals surface area contributed by atoms with Crippen molar-refractivity contribution in [2.75, 3.05) is 7.05 Å². The van der Waals surface area contributed by atoms with Crippen LogP contribution in [0.3, 0.4) is 0 Å². The molecule has 0 fully saturated rings. The Kier molecular flexibility index (Phi) is 7.38. The summed E-state index contributed by atoms with van der Waals surface area (Å²) in [6.07, 6.45) is 4.72. The lowest BCUT2D eigenvalue weighted by molar-refractivity contribution is 0.0949. The van der Waals surface area contributed by atoms with E-state index in [2.05, 4.69) is 22.8 Å². The van der Waals surface area contributed by atoms with Gasteiger partial charge in [0, 0.05) is 32.5 Å². The van der Waals surface area contributed by atoms with E-state index in [1.807, 2.05) is 49.4 Å². The number of hydrogen-bond acceptors (Lipinski definition) is 3. The first-order valence-corrected chi connectivity index (χ1v) is 10.3. The maximum atomic E-state index is 12.8. The van der Waals surface area contributed by atoms with Crippen LogP contribution >= 0.6 is 0 Å². The molecule has 6 nitrogen and oxygen atoms in total. The highest BCUT2D eigenvalue weighted by molar-refractivity contribution is 5.99. The van der Waals surface area contributed by atoms with E-state index in [0.29, 0.717) is 13.1 Å². The standard InChI is InChI=1S/C25H27N3O3/c1-18-8-6-11-20(14-18)15-27-25(31)22-17-28(16-21(23(22)29)24(30)26-2)13-7-12-19-9-4-3-5-10-19/h3-6,8-11,14,16-17H,7,12-13,15H2,1-2H3,(H,26,30)(H,27,31). The van der Waals surface area contributed by atoms with Crippen LogP contribution in [0.25, 0.3) is 0 Å². The first kappa shape index (κ1) is 22.0. The molecule has 31 heavy (non-hydrogen) atoms. The molecule has 0 aliphatic carbocycles. The molecule has 1 aromatic heterocycles. The molecule has 0 saturated carbocycles. The summed E-state index contributed by atoms with van der Waals surface area (Å²) in [6, 6.07) is 17.9. The highest BCUT2D eigenvalue weighted by Gasteiger charge is 2.18. The molecule has 0 atom stereocenters. The Bertz CT molecular complexity index is 1120. The predicted molar refractivity (Wildman–Crippen MR) is 121 cm³/mol. The lowest BCUT2D eigenvalue weighted by Gasteiger charge is -2.12. The fourth-order valence-electron chi connectivity index (χ4n) is 3.43. The van der Waals surface area contributed by atoms with E-state index in [1.54, 1.807) is 4.57 Å². The molecule has 0 radical (unpaired) electrons. The van der Waals surface area contributed by atoms with Crippen molar-refractivity contribution >= 4 is 11.8 Å². The van der Waals surface area contributed by atoms with Gasteiger partial charge in [-0.25, -0.2) is 0 Å². The number of nitrogens with zero attached hydrogens (tertiary/aromatic N) is 1. The third kappa shape index (κ3) is 5.92. The largest absolute Gasteiger partial charge is 0.355 e. The topological polar surface area (TPSA) is 80.2 Å². The second-order valence-electron chi connectivity index (χ2n) is 7.49. The quantitative estimate of drug-likeness (QED) is 0.591. The van der Waals surface area contributed by atoms with Gasteiger partial charge < -0.3 is 15.2 Å². The number of rotatable bonds is 8. The van der Waals surface area contributed by atoms with Gasteiger partial charge >= 0.3 is 0 Å². The van der Waals surface area contributed by atoms with Crippen LogP contribution in [0.1, 0.15) is 43.8 Å². The molecule has 6 heteroatoms. The van der Waals surface area contributed by atoms with Gasteiger partial charge in [-0.15, -0.1) is 0 Å². The van der Waals surface area contributed by atoms with E-state index in [1.165, 1.54) is 25.0 Å². The van der Waals surface area contributed by atoms with E-state index in [9.17, 15) is 14.4 Å². The van der Waals surface area contributed by atoms with Gasteiger partial charge in [0.2, 0.25) is 5.43 Å². The summed E-state index contributed by atoms with van der Waals surface area (Å²) >= 11 is 0. The lowest BCUT2D eigenvalue weighted by Crippen LogP contribution is -2.34. The molecule has 160 valence electrons. The summed E-state index contributed by atoms with van der Waals surface area (Å²) in [5.74, 6) is -0.996. The summed E-state index contributed by atoms with van der Waals surface area (Å²) in [5, 5.41) is 5.27. The summed E-state index contributed by atoms with van der Waals surface area (Å²) < 4.78 is 1.75. The average Bonchev–Trinajstić information content (AvgIpc) is 2.78. The minimum Gasteiger partial charge on any atom is -0.355 e. The van der Waals surface area contributed by atoms with Crippen LogP contribution in [0, 0.1) is 6.92 Å². The monoisotopic (exact) mass is 417 g/mol. The van der Waals surface area contributed by atoms with Gasteiger partial charge in [-0.1, -0.05) is 60.2 Å². The molecule has 0 bridgehead atoms. The summed E-state index contributed by atoms with van der Waals surface area (Å²) in [7, 11) is 1.46. The van der Waals surface area contributed by atoms with Gasteiger partial charge in [-0.2, -0.15) is 0 Å². The number of amides is 2. The molecule has 0 saturated heterocycles. The number of aryl methyl sites for hydroxylation is 3. The molecule has 3 rings (SSSR count). The summed E-state index contributed by atoms with van der Waals surface area (Å²) in [5.41, 5.74) is 2.61. The Balaban J connectivity index is 1.78. The van der Waals surface area contributed by atoms with Crippen LogP contribution < -0.4 is 16.1 Å². The van der Waals surface area contributed by atoms with Crippen molar-refractivity contribution in [1.29, 1.82) is 0 Å². The molecule has 2 aromatic carbocycles. The number of pyridine rings is 1. The zero-order valence-corrected chi connectivity index (χ0v) is 17.9. The van der Waals surface area contributed by atoms with Crippen molar-refractivity contribution < 1.29 is 9.59 Å². The third-order valence-electron chi connectivity index (χ3n) is 5.06. The van der Waals surface area contributed by atoms with Crippen molar-refractivity contribution in [3.8, 4) is 0 Å². The number of carbonyl (C=O) groups excluding carboxylic acids is 2. The van der Waals surface area contributed by atoms with Crippen molar-refractivity contribution in [3.63, 3.8) is 0 Å². The van der Waals surface area contributed by atoms with Gasteiger partial charge in [0.05, 0.1) is 0 Å². The lowest BCUT2D eigenvalue weighted by atomic mass is 10.1. The molecular formula is C25H27N3O3.